The third-order valence-corrected chi connectivity index (χ3v) is 21.9. The van der Waals surface area contributed by atoms with E-state index in [9.17, 15) is 43.2 Å². The first kappa shape index (κ1) is 102. The van der Waals surface area contributed by atoms with Crippen LogP contribution in [0.25, 0.3) is 0 Å². The lowest BCUT2D eigenvalue weighted by Gasteiger charge is -2.21. The Bertz CT molecular complexity index is 1980. The number of hydrogen-bond acceptors (Lipinski definition) is 15. The number of hydrogen-bond donors (Lipinski definition) is 3. The minimum absolute atomic E-state index is 0.105. The number of phosphoric acid groups is 2. The Balaban J connectivity index is 5.19. The maximum Gasteiger partial charge on any atom is 0.472 e. The molecule has 19 heteroatoms. The molecule has 0 amide bonds. The first-order chi connectivity index (χ1) is 50.5. The van der Waals surface area contributed by atoms with Crippen molar-refractivity contribution in [3.63, 3.8) is 0 Å². The summed E-state index contributed by atoms with van der Waals surface area (Å²) in [6, 6.07) is 0. The molecule has 0 rings (SSSR count). The van der Waals surface area contributed by atoms with E-state index in [1.54, 1.807) is 0 Å². The highest BCUT2D eigenvalue weighted by Crippen LogP contribution is 2.45. The van der Waals surface area contributed by atoms with Crippen molar-refractivity contribution in [1.29, 1.82) is 0 Å². The fourth-order valence-corrected chi connectivity index (χ4v) is 14.9. The van der Waals surface area contributed by atoms with Gasteiger partial charge in [0.1, 0.15) is 19.3 Å². The summed E-state index contributed by atoms with van der Waals surface area (Å²) in [7, 11) is -9.92. The van der Waals surface area contributed by atoms with Gasteiger partial charge in [-0.3, -0.25) is 37.3 Å². The summed E-state index contributed by atoms with van der Waals surface area (Å²) >= 11 is 0. The summed E-state index contributed by atoms with van der Waals surface area (Å²) in [4.78, 5) is 73.1. The van der Waals surface area contributed by atoms with E-state index >= 15 is 0 Å². The van der Waals surface area contributed by atoms with Crippen LogP contribution in [-0.2, 0) is 65.4 Å². The fraction of sp³-hybridized carbons (Fsp3) is 0.953. The molecule has 0 saturated heterocycles. The molecule has 5 atom stereocenters. The topological polar surface area (TPSA) is 237 Å². The molecule has 0 fully saturated rings. The number of unbranched alkanes of at least 4 members (excludes halogenated alkanes) is 57. The minimum Gasteiger partial charge on any atom is -0.462 e. The molecule has 0 aliphatic heterocycles. The number of ether oxygens (including phenoxy) is 4. The van der Waals surface area contributed by atoms with Gasteiger partial charge in [0.05, 0.1) is 26.4 Å². The van der Waals surface area contributed by atoms with Gasteiger partial charge in [0, 0.05) is 25.7 Å². The molecule has 0 aromatic rings. The lowest BCUT2D eigenvalue weighted by atomic mass is 10.0. The Hall–Kier alpha value is -1.94. The van der Waals surface area contributed by atoms with E-state index in [2.05, 4.69) is 34.6 Å². The molecule has 0 bridgehead atoms. The molecule has 0 aliphatic rings. The average Bonchev–Trinajstić information content (AvgIpc) is 0.911. The van der Waals surface area contributed by atoms with Crippen molar-refractivity contribution in [3.05, 3.63) is 0 Å². The molecule has 2 unspecified atom stereocenters. The van der Waals surface area contributed by atoms with Crippen LogP contribution in [0.3, 0.4) is 0 Å². The van der Waals surface area contributed by atoms with Crippen LogP contribution < -0.4 is 0 Å². The molecule has 0 aliphatic carbocycles. The Labute approximate surface area is 638 Å². The highest BCUT2D eigenvalue weighted by atomic mass is 31.2. The number of rotatable bonds is 85. The van der Waals surface area contributed by atoms with E-state index in [1.807, 2.05) is 0 Å². The van der Waals surface area contributed by atoms with Crippen molar-refractivity contribution >= 4 is 39.5 Å². The molecule has 0 heterocycles. The van der Waals surface area contributed by atoms with E-state index in [0.29, 0.717) is 25.7 Å². The molecule has 0 saturated carbocycles. The smallest absolute Gasteiger partial charge is 0.462 e. The van der Waals surface area contributed by atoms with Crippen LogP contribution in [0.4, 0.5) is 0 Å². The third-order valence-electron chi connectivity index (χ3n) is 20.0. The van der Waals surface area contributed by atoms with Gasteiger partial charge in [-0.2, -0.15) is 0 Å². The van der Waals surface area contributed by atoms with Crippen LogP contribution in [0, 0.1) is 5.92 Å². The van der Waals surface area contributed by atoms with E-state index < -0.39 is 97.5 Å². The molecule has 0 radical (unpaired) electrons. The second-order valence-electron chi connectivity index (χ2n) is 31.1. The van der Waals surface area contributed by atoms with Crippen molar-refractivity contribution in [2.45, 2.75) is 477 Å². The summed E-state index contributed by atoms with van der Waals surface area (Å²) in [6.07, 6.45) is 71.1. The number of aliphatic hydroxyl groups excluding tert-OH is 1. The summed E-state index contributed by atoms with van der Waals surface area (Å²) in [5, 5.41) is 10.7. The predicted octanol–water partition coefficient (Wildman–Crippen LogP) is 26.0. The zero-order chi connectivity index (χ0) is 76.2. The van der Waals surface area contributed by atoms with Crippen molar-refractivity contribution in [2.24, 2.45) is 5.92 Å². The van der Waals surface area contributed by atoms with Gasteiger partial charge in [-0.15, -0.1) is 0 Å². The summed E-state index contributed by atoms with van der Waals surface area (Å²) in [5.41, 5.74) is 0. The zero-order valence-corrected chi connectivity index (χ0v) is 70.0. The number of carbonyl (C=O) groups is 4. The van der Waals surface area contributed by atoms with Crippen LogP contribution >= 0.6 is 15.6 Å². The van der Waals surface area contributed by atoms with Gasteiger partial charge in [-0.1, -0.05) is 407 Å². The minimum atomic E-state index is -4.96. The highest BCUT2D eigenvalue weighted by Gasteiger charge is 2.30. The van der Waals surface area contributed by atoms with E-state index in [1.165, 1.54) is 283 Å². The van der Waals surface area contributed by atoms with Crippen LogP contribution in [0.1, 0.15) is 458 Å². The van der Waals surface area contributed by atoms with Gasteiger partial charge in [-0.25, -0.2) is 9.13 Å². The summed E-state index contributed by atoms with van der Waals surface area (Å²) in [6.45, 7) is 7.30. The Morgan fingerprint density at radius 1 is 0.260 bits per heavy atom. The van der Waals surface area contributed by atoms with Crippen LogP contribution in [-0.4, -0.2) is 96.7 Å². The number of carbonyl (C=O) groups excluding carboxylic acids is 4. The Kier molecular flexibility index (Phi) is 76.3. The summed E-state index contributed by atoms with van der Waals surface area (Å²) in [5.74, 6) is -1.39. The van der Waals surface area contributed by atoms with Crippen LogP contribution in [0.2, 0.25) is 0 Å². The average molecular weight is 1520 g/mol. The predicted molar refractivity (Wildman–Crippen MR) is 428 cm³/mol. The standard InChI is InChI=1S/C85H166O17P2/c1-6-9-12-15-18-21-24-26-28-30-32-34-35-37-39-41-43-46-49-55-60-65-70-84(89)101-80(74-96-83(88)69-64-59-54-48-45-42-40-38-36-33-31-29-27-25-22-19-16-13-10-7-2)76-99-103(91,92)97-72-79(86)73-98-104(93,94)100-77-81(102-85(90)71-66-61-56-51-50-52-57-62-67-78(4)5)75-95-82(87)68-63-58-53-47-44-23-20-17-14-11-8-3/h78-81,86H,6-77H2,1-5H3,(H,91,92)(H,93,94)/t79-,80-,81-/m1/s1. The van der Waals surface area contributed by atoms with Crippen molar-refractivity contribution in [3.8, 4) is 0 Å². The molecule has 104 heavy (non-hydrogen) atoms. The molecule has 0 aromatic heterocycles. The Morgan fingerprint density at radius 3 is 0.654 bits per heavy atom. The molecule has 17 nitrogen and oxygen atoms in total. The maximum absolute atomic E-state index is 13.1. The second-order valence-corrected chi connectivity index (χ2v) is 34.0. The molecule has 618 valence electrons. The first-order valence-electron chi connectivity index (χ1n) is 44.1. The second kappa shape index (κ2) is 77.8. The highest BCUT2D eigenvalue weighted by molar-refractivity contribution is 7.47. The lowest BCUT2D eigenvalue weighted by Crippen LogP contribution is -2.30. The normalized spacial score (nSPS) is 13.8. The van der Waals surface area contributed by atoms with Gasteiger partial charge in [0.15, 0.2) is 12.2 Å². The number of esters is 4. The number of phosphoric ester groups is 2. The van der Waals surface area contributed by atoms with Gasteiger partial charge in [-0.05, 0) is 31.6 Å². The zero-order valence-electron chi connectivity index (χ0n) is 68.2. The van der Waals surface area contributed by atoms with E-state index in [-0.39, 0.29) is 25.7 Å². The molecule has 0 spiro atoms. The third kappa shape index (κ3) is 78.2. The number of aliphatic hydroxyl groups is 1. The fourth-order valence-electron chi connectivity index (χ4n) is 13.3. The SMILES string of the molecule is CCCCCCCCCCCCCCCCCCCCCCCCC(=O)O[C@H](COC(=O)CCCCCCCCCCCCCCCCCCCCCC)COP(=O)(O)OC[C@@H](O)COP(=O)(O)OC[C@@H](COC(=O)CCCCCCCCCCCCC)OC(=O)CCCCCCCCCCC(C)C. The van der Waals surface area contributed by atoms with Crippen molar-refractivity contribution < 1.29 is 80.2 Å². The van der Waals surface area contributed by atoms with Gasteiger partial charge in [0.2, 0.25) is 0 Å². The lowest BCUT2D eigenvalue weighted by molar-refractivity contribution is -0.161. The van der Waals surface area contributed by atoms with Crippen molar-refractivity contribution in [2.75, 3.05) is 39.6 Å². The quantitative estimate of drug-likeness (QED) is 0.0222. The molecule has 0 aromatic carbocycles. The van der Waals surface area contributed by atoms with Crippen molar-refractivity contribution in [1.82, 2.24) is 0 Å². The molecule has 3 N–H and O–H groups in total. The maximum atomic E-state index is 13.1. The van der Waals surface area contributed by atoms with Gasteiger partial charge < -0.3 is 33.8 Å². The van der Waals surface area contributed by atoms with Gasteiger partial charge in [0.25, 0.3) is 0 Å². The van der Waals surface area contributed by atoms with E-state index in [4.69, 9.17) is 37.0 Å². The van der Waals surface area contributed by atoms with Gasteiger partial charge >= 0.3 is 39.5 Å². The molecular weight excluding hydrogens is 1350 g/mol. The van der Waals surface area contributed by atoms with E-state index in [0.717, 1.165) is 95.8 Å². The summed E-state index contributed by atoms with van der Waals surface area (Å²) < 4.78 is 68.8. The van der Waals surface area contributed by atoms with Crippen LogP contribution in [0.15, 0.2) is 0 Å². The molecular formula is C85H166O17P2. The van der Waals surface area contributed by atoms with Crippen LogP contribution in [0.5, 0.6) is 0 Å². The largest absolute Gasteiger partial charge is 0.472 e. The first-order valence-corrected chi connectivity index (χ1v) is 47.1. The Morgan fingerprint density at radius 2 is 0.442 bits per heavy atom. The monoisotopic (exact) mass is 1520 g/mol.